The minimum absolute atomic E-state index is 0.789. The summed E-state index contributed by atoms with van der Waals surface area (Å²) in [6, 6.07) is 16.1. The first kappa shape index (κ1) is 17.8. The summed E-state index contributed by atoms with van der Waals surface area (Å²) in [7, 11) is 1.68. The molecule has 0 spiro atoms. The van der Waals surface area contributed by atoms with E-state index in [0.717, 1.165) is 54.8 Å². The van der Waals surface area contributed by atoms with Gasteiger partial charge in [-0.2, -0.15) is 5.10 Å². The van der Waals surface area contributed by atoms with E-state index in [1.807, 2.05) is 24.3 Å². The zero-order valence-electron chi connectivity index (χ0n) is 14.8. The third-order valence-corrected chi connectivity index (χ3v) is 4.72. The fourth-order valence-corrected chi connectivity index (χ4v) is 3.07. The van der Waals surface area contributed by atoms with Crippen molar-refractivity contribution in [2.75, 3.05) is 33.3 Å². The van der Waals surface area contributed by atoms with Crippen molar-refractivity contribution in [3.63, 3.8) is 0 Å². The molecule has 0 N–H and O–H groups in total. The Morgan fingerprint density at radius 3 is 2.24 bits per heavy atom. The molecule has 3 rings (SSSR count). The number of hydrazone groups is 1. The van der Waals surface area contributed by atoms with Gasteiger partial charge in [-0.1, -0.05) is 23.7 Å². The molecule has 0 radical (unpaired) electrons. The van der Waals surface area contributed by atoms with Crippen molar-refractivity contribution < 1.29 is 4.74 Å². The largest absolute Gasteiger partial charge is 0.497 e. The third-order valence-electron chi connectivity index (χ3n) is 4.47. The molecule has 0 aliphatic carbocycles. The highest BCUT2D eigenvalue weighted by Gasteiger charge is 2.16. The summed E-state index contributed by atoms with van der Waals surface area (Å²) in [5.74, 6) is 0.868. The number of hydrogen-bond donors (Lipinski definition) is 0. The Kier molecular flexibility index (Phi) is 5.95. The summed E-state index contributed by atoms with van der Waals surface area (Å²) < 4.78 is 5.20. The number of hydrogen-bond acceptors (Lipinski definition) is 4. The van der Waals surface area contributed by atoms with Crippen LogP contribution in [0.4, 0.5) is 0 Å². The lowest BCUT2D eigenvalue weighted by Crippen LogP contribution is -2.43. The van der Waals surface area contributed by atoms with Gasteiger partial charge in [0.15, 0.2) is 0 Å². The predicted molar refractivity (Wildman–Crippen MR) is 104 cm³/mol. The van der Waals surface area contributed by atoms with Gasteiger partial charge in [0, 0.05) is 37.7 Å². The summed E-state index contributed by atoms with van der Waals surface area (Å²) in [6.07, 6.45) is 0. The molecule has 5 heteroatoms. The molecule has 0 unspecified atom stereocenters. The van der Waals surface area contributed by atoms with Gasteiger partial charge in [0.05, 0.1) is 12.8 Å². The van der Waals surface area contributed by atoms with Gasteiger partial charge in [-0.3, -0.25) is 9.91 Å². The lowest BCUT2D eigenvalue weighted by molar-refractivity contribution is 0.130. The van der Waals surface area contributed by atoms with Crippen molar-refractivity contribution in [3.05, 3.63) is 64.7 Å². The quantitative estimate of drug-likeness (QED) is 0.760. The van der Waals surface area contributed by atoms with Gasteiger partial charge in [-0.25, -0.2) is 0 Å². The van der Waals surface area contributed by atoms with Gasteiger partial charge in [0.2, 0.25) is 0 Å². The maximum absolute atomic E-state index is 5.95. The van der Waals surface area contributed by atoms with Gasteiger partial charge < -0.3 is 4.74 Å². The first-order valence-corrected chi connectivity index (χ1v) is 8.93. The second-order valence-electron chi connectivity index (χ2n) is 6.27. The molecule has 1 aliphatic rings. The van der Waals surface area contributed by atoms with Crippen molar-refractivity contribution in [3.8, 4) is 5.75 Å². The fraction of sp³-hybridized carbons (Fsp3) is 0.350. The molecule has 0 amide bonds. The molecule has 1 heterocycles. The molecule has 132 valence electrons. The molecule has 0 aromatic heterocycles. The first-order chi connectivity index (χ1) is 12.1. The van der Waals surface area contributed by atoms with Gasteiger partial charge in [-0.15, -0.1) is 0 Å². The minimum Gasteiger partial charge on any atom is -0.497 e. The molecule has 25 heavy (non-hydrogen) atoms. The Labute approximate surface area is 154 Å². The van der Waals surface area contributed by atoms with E-state index in [-0.39, 0.29) is 0 Å². The number of benzene rings is 2. The zero-order valence-corrected chi connectivity index (χ0v) is 15.5. The maximum atomic E-state index is 5.95. The van der Waals surface area contributed by atoms with Crippen molar-refractivity contribution in [2.24, 2.45) is 5.10 Å². The Bertz CT molecular complexity index is 705. The number of ether oxygens (including phenoxy) is 1. The monoisotopic (exact) mass is 357 g/mol. The van der Waals surface area contributed by atoms with E-state index in [9.17, 15) is 0 Å². The molecule has 1 aliphatic heterocycles. The average molecular weight is 358 g/mol. The summed E-state index contributed by atoms with van der Waals surface area (Å²) in [5.41, 5.74) is 3.47. The highest BCUT2D eigenvalue weighted by atomic mass is 35.5. The highest BCUT2D eigenvalue weighted by Crippen LogP contribution is 2.15. The van der Waals surface area contributed by atoms with E-state index in [1.54, 1.807) is 7.11 Å². The van der Waals surface area contributed by atoms with Gasteiger partial charge in [0.25, 0.3) is 0 Å². The van der Waals surface area contributed by atoms with Gasteiger partial charge >= 0.3 is 0 Å². The molecule has 2 aromatic carbocycles. The average Bonchev–Trinajstić information content (AvgIpc) is 2.65. The second kappa shape index (κ2) is 8.37. The molecule has 1 fully saturated rings. The summed E-state index contributed by atoms with van der Waals surface area (Å²) in [6.45, 7) is 6.94. The van der Waals surface area contributed by atoms with Crippen LogP contribution in [0, 0.1) is 0 Å². The maximum Gasteiger partial charge on any atom is 0.118 e. The van der Waals surface area contributed by atoms with E-state index in [0.29, 0.717) is 0 Å². The van der Waals surface area contributed by atoms with Crippen LogP contribution in [0.5, 0.6) is 5.75 Å². The van der Waals surface area contributed by atoms with Crippen LogP contribution in [0.15, 0.2) is 53.6 Å². The van der Waals surface area contributed by atoms with Crippen LogP contribution in [-0.2, 0) is 6.54 Å². The van der Waals surface area contributed by atoms with Crippen LogP contribution in [0.25, 0.3) is 0 Å². The number of piperazine rings is 1. The van der Waals surface area contributed by atoms with Crippen molar-refractivity contribution in [2.45, 2.75) is 13.5 Å². The molecule has 0 atom stereocenters. The van der Waals surface area contributed by atoms with Crippen LogP contribution in [-0.4, -0.2) is 48.9 Å². The molecule has 2 aromatic rings. The van der Waals surface area contributed by atoms with Crippen LogP contribution in [0.2, 0.25) is 5.02 Å². The number of halogens is 1. The minimum atomic E-state index is 0.789. The number of nitrogens with zero attached hydrogens (tertiary/aromatic N) is 3. The number of rotatable bonds is 5. The van der Waals surface area contributed by atoms with Crippen molar-refractivity contribution >= 4 is 17.3 Å². The number of methoxy groups -OCH3 is 1. The van der Waals surface area contributed by atoms with E-state index in [2.05, 4.69) is 41.1 Å². The second-order valence-corrected chi connectivity index (χ2v) is 6.71. The van der Waals surface area contributed by atoms with Crippen LogP contribution in [0.3, 0.4) is 0 Å². The van der Waals surface area contributed by atoms with Gasteiger partial charge in [-0.05, 0) is 54.4 Å². The lowest BCUT2D eigenvalue weighted by Gasteiger charge is -2.33. The zero-order chi connectivity index (χ0) is 17.6. The smallest absolute Gasteiger partial charge is 0.118 e. The van der Waals surface area contributed by atoms with Crippen molar-refractivity contribution in [1.29, 1.82) is 0 Å². The molecular weight excluding hydrogens is 334 g/mol. The van der Waals surface area contributed by atoms with E-state index >= 15 is 0 Å². The predicted octanol–water partition coefficient (Wildman–Crippen LogP) is 3.89. The topological polar surface area (TPSA) is 28.1 Å². The van der Waals surface area contributed by atoms with E-state index in [4.69, 9.17) is 21.4 Å². The van der Waals surface area contributed by atoms with Crippen LogP contribution >= 0.6 is 11.6 Å². The van der Waals surface area contributed by atoms with E-state index < -0.39 is 0 Å². The van der Waals surface area contributed by atoms with Crippen LogP contribution in [0.1, 0.15) is 18.1 Å². The third kappa shape index (κ3) is 4.97. The normalized spacial score (nSPS) is 16.1. The Morgan fingerprint density at radius 1 is 1.00 bits per heavy atom. The molecule has 1 saturated heterocycles. The summed E-state index contributed by atoms with van der Waals surface area (Å²) in [5, 5.41) is 7.73. The van der Waals surface area contributed by atoms with Crippen molar-refractivity contribution in [1.82, 2.24) is 9.91 Å². The van der Waals surface area contributed by atoms with E-state index in [1.165, 1.54) is 5.56 Å². The molecule has 0 saturated carbocycles. The highest BCUT2D eigenvalue weighted by molar-refractivity contribution is 6.30. The Balaban J connectivity index is 1.53. The molecule has 0 bridgehead atoms. The molecule has 4 nitrogen and oxygen atoms in total. The first-order valence-electron chi connectivity index (χ1n) is 8.55. The molecular formula is C20H24ClN3O. The lowest BCUT2D eigenvalue weighted by atomic mass is 10.1. The standard InChI is InChI=1S/C20H24ClN3O/c1-16(18-5-9-20(25-2)10-6-18)22-24-13-11-23(12-14-24)15-17-3-7-19(21)8-4-17/h3-10H,11-15H2,1-2H3/b22-16+. The Hall–Kier alpha value is -2.04. The summed E-state index contributed by atoms with van der Waals surface area (Å²) in [4.78, 5) is 2.46. The fourth-order valence-electron chi connectivity index (χ4n) is 2.95. The summed E-state index contributed by atoms with van der Waals surface area (Å²) >= 11 is 5.95. The van der Waals surface area contributed by atoms with Gasteiger partial charge in [0.1, 0.15) is 5.75 Å². The SMILES string of the molecule is COc1ccc(/C(C)=N/N2CCN(Cc3ccc(Cl)cc3)CC2)cc1. The Morgan fingerprint density at radius 2 is 1.64 bits per heavy atom. The van der Waals surface area contributed by atoms with Crippen LogP contribution < -0.4 is 4.74 Å².